The molecule has 3 amide bonds. The zero-order valence-electron chi connectivity index (χ0n) is 8.61. The summed E-state index contributed by atoms with van der Waals surface area (Å²) in [5.74, 6) is -1.26. The Kier molecular flexibility index (Phi) is 3.38. The lowest BCUT2D eigenvalue weighted by Crippen LogP contribution is -2.51. The third kappa shape index (κ3) is 2.52. The molecule has 0 unspecified atom stereocenters. The van der Waals surface area contributed by atoms with Crippen molar-refractivity contribution in [3.63, 3.8) is 0 Å². The first-order valence-corrected chi connectivity index (χ1v) is 4.51. The maximum atomic E-state index is 11.6. The molecule has 1 fully saturated rings. The molecule has 0 spiro atoms. The molecule has 80 valence electrons. The normalized spacial score (nSPS) is 19.9. The number of hydrogen-bond acceptors (Lipinski definition) is 3. The van der Waals surface area contributed by atoms with Crippen molar-refractivity contribution in [3.8, 4) is 0 Å². The molecule has 0 saturated carbocycles. The molecular formula is C10H12N2O3. The molecule has 15 heavy (non-hydrogen) atoms. The molecule has 1 heterocycles. The zero-order valence-corrected chi connectivity index (χ0v) is 8.61. The number of carbonyl (C=O) groups excluding carboxylic acids is 3. The Hall–Kier alpha value is -1.91. The lowest BCUT2D eigenvalue weighted by Gasteiger charge is -2.25. The van der Waals surface area contributed by atoms with E-state index in [0.717, 1.165) is 4.90 Å². The maximum Gasteiger partial charge on any atom is 0.277 e. The SMILES string of the molecule is C/C=C/C=C1\NC(=O)CN(C(C)=O)C1=O. The zero-order chi connectivity index (χ0) is 11.4. The monoisotopic (exact) mass is 208 g/mol. The predicted molar refractivity (Wildman–Crippen MR) is 53.4 cm³/mol. The van der Waals surface area contributed by atoms with Crippen molar-refractivity contribution in [2.45, 2.75) is 13.8 Å². The van der Waals surface area contributed by atoms with Gasteiger partial charge in [0.2, 0.25) is 11.8 Å². The van der Waals surface area contributed by atoms with E-state index in [4.69, 9.17) is 0 Å². The molecule has 1 aliphatic heterocycles. The third-order valence-electron chi connectivity index (χ3n) is 1.89. The van der Waals surface area contributed by atoms with Crippen LogP contribution < -0.4 is 5.32 Å². The number of piperazine rings is 1. The molecule has 1 N–H and O–H groups in total. The van der Waals surface area contributed by atoms with Gasteiger partial charge in [-0.25, -0.2) is 0 Å². The van der Waals surface area contributed by atoms with Crippen LogP contribution in [0.2, 0.25) is 0 Å². The highest BCUT2D eigenvalue weighted by molar-refractivity contribution is 6.10. The van der Waals surface area contributed by atoms with Crippen molar-refractivity contribution < 1.29 is 14.4 Å². The van der Waals surface area contributed by atoms with Gasteiger partial charge in [0, 0.05) is 6.92 Å². The summed E-state index contributed by atoms with van der Waals surface area (Å²) in [6.45, 7) is 2.83. The maximum absolute atomic E-state index is 11.6. The topological polar surface area (TPSA) is 66.5 Å². The number of amides is 3. The molecule has 1 rings (SSSR count). The number of carbonyl (C=O) groups is 3. The molecule has 0 aromatic heterocycles. The second kappa shape index (κ2) is 4.54. The highest BCUT2D eigenvalue weighted by Gasteiger charge is 2.29. The molecule has 0 radical (unpaired) electrons. The van der Waals surface area contributed by atoms with Crippen LogP contribution in [0.5, 0.6) is 0 Å². The van der Waals surface area contributed by atoms with Crippen LogP contribution in [-0.2, 0) is 14.4 Å². The number of hydrogen-bond donors (Lipinski definition) is 1. The molecule has 1 aliphatic rings. The smallest absolute Gasteiger partial charge is 0.277 e. The van der Waals surface area contributed by atoms with Crippen LogP contribution >= 0.6 is 0 Å². The summed E-state index contributed by atoms with van der Waals surface area (Å²) in [7, 11) is 0. The van der Waals surface area contributed by atoms with Crippen molar-refractivity contribution in [2.75, 3.05) is 6.54 Å². The van der Waals surface area contributed by atoms with Gasteiger partial charge in [0.1, 0.15) is 12.2 Å². The van der Waals surface area contributed by atoms with Crippen LogP contribution in [0.4, 0.5) is 0 Å². The van der Waals surface area contributed by atoms with Gasteiger partial charge in [-0.1, -0.05) is 12.2 Å². The van der Waals surface area contributed by atoms with Gasteiger partial charge in [0.05, 0.1) is 0 Å². The molecule has 0 aromatic rings. The summed E-state index contributed by atoms with van der Waals surface area (Å²) in [5.41, 5.74) is 0.125. The lowest BCUT2D eigenvalue weighted by atomic mass is 10.2. The van der Waals surface area contributed by atoms with Crippen LogP contribution in [0.3, 0.4) is 0 Å². The van der Waals surface area contributed by atoms with Crippen LogP contribution in [0, 0.1) is 0 Å². The van der Waals surface area contributed by atoms with Crippen molar-refractivity contribution in [2.24, 2.45) is 0 Å². The fourth-order valence-corrected chi connectivity index (χ4v) is 1.16. The predicted octanol–water partition coefficient (Wildman–Crippen LogP) is -0.0487. The minimum Gasteiger partial charge on any atom is -0.320 e. The Balaban J connectivity index is 2.95. The number of rotatable bonds is 1. The van der Waals surface area contributed by atoms with Gasteiger partial charge >= 0.3 is 0 Å². The van der Waals surface area contributed by atoms with E-state index in [1.54, 1.807) is 19.1 Å². The van der Waals surface area contributed by atoms with Crippen LogP contribution in [-0.4, -0.2) is 29.2 Å². The molecule has 5 heteroatoms. The quantitative estimate of drug-likeness (QED) is 0.614. The summed E-state index contributed by atoms with van der Waals surface area (Å²) < 4.78 is 0. The van der Waals surface area contributed by atoms with Gasteiger partial charge in [0.15, 0.2) is 0 Å². The number of allylic oxidation sites excluding steroid dienone is 3. The number of nitrogens with zero attached hydrogens (tertiary/aromatic N) is 1. The molecule has 1 saturated heterocycles. The van der Waals surface area contributed by atoms with E-state index in [-0.39, 0.29) is 18.1 Å². The second-order valence-electron chi connectivity index (χ2n) is 3.06. The first-order valence-electron chi connectivity index (χ1n) is 4.51. The fraction of sp³-hybridized carbons (Fsp3) is 0.300. The average molecular weight is 208 g/mol. The highest BCUT2D eigenvalue weighted by Crippen LogP contribution is 2.06. The summed E-state index contributed by atoms with van der Waals surface area (Å²) >= 11 is 0. The van der Waals surface area contributed by atoms with E-state index >= 15 is 0 Å². The Bertz CT molecular complexity index is 369. The van der Waals surface area contributed by atoms with Crippen molar-refractivity contribution >= 4 is 17.7 Å². The Morgan fingerprint density at radius 1 is 1.47 bits per heavy atom. The molecule has 0 atom stereocenters. The van der Waals surface area contributed by atoms with E-state index in [2.05, 4.69) is 5.32 Å². The van der Waals surface area contributed by atoms with Gasteiger partial charge in [-0.15, -0.1) is 0 Å². The Morgan fingerprint density at radius 3 is 2.67 bits per heavy atom. The summed E-state index contributed by atoms with van der Waals surface area (Å²) in [5, 5.41) is 2.41. The molecule has 5 nitrogen and oxygen atoms in total. The van der Waals surface area contributed by atoms with Crippen LogP contribution in [0.15, 0.2) is 23.9 Å². The standard InChI is InChI=1S/C10H12N2O3/c1-3-4-5-8-10(15)12(7(2)13)6-9(14)11-8/h3-5H,6H2,1-2H3,(H,11,14)/b4-3+,8-5-. The minimum absolute atomic E-state index is 0.125. The van der Waals surface area contributed by atoms with E-state index in [9.17, 15) is 14.4 Å². The molecular weight excluding hydrogens is 196 g/mol. The summed E-state index contributed by atoms with van der Waals surface area (Å²) in [6.07, 6.45) is 4.81. The molecule has 0 aliphatic carbocycles. The van der Waals surface area contributed by atoms with Crippen molar-refractivity contribution in [1.82, 2.24) is 10.2 Å². The van der Waals surface area contributed by atoms with Crippen LogP contribution in [0.25, 0.3) is 0 Å². The molecule has 0 bridgehead atoms. The first kappa shape index (κ1) is 11.2. The first-order chi connectivity index (χ1) is 7.06. The lowest BCUT2D eigenvalue weighted by molar-refractivity contribution is -0.147. The Morgan fingerprint density at radius 2 is 2.13 bits per heavy atom. The summed E-state index contributed by atoms with van der Waals surface area (Å²) in [6, 6.07) is 0. The number of imide groups is 1. The van der Waals surface area contributed by atoms with Gasteiger partial charge in [-0.05, 0) is 13.0 Å². The van der Waals surface area contributed by atoms with Crippen molar-refractivity contribution in [1.29, 1.82) is 0 Å². The fourth-order valence-electron chi connectivity index (χ4n) is 1.16. The van der Waals surface area contributed by atoms with Crippen LogP contribution in [0.1, 0.15) is 13.8 Å². The van der Waals surface area contributed by atoms with Crippen molar-refractivity contribution in [3.05, 3.63) is 23.9 Å². The van der Waals surface area contributed by atoms with Gasteiger partial charge in [0.25, 0.3) is 5.91 Å². The van der Waals surface area contributed by atoms with Gasteiger partial charge in [-0.2, -0.15) is 0 Å². The van der Waals surface area contributed by atoms with Gasteiger partial charge in [-0.3, -0.25) is 19.3 Å². The highest BCUT2D eigenvalue weighted by atomic mass is 16.2. The van der Waals surface area contributed by atoms with E-state index in [1.807, 2.05) is 0 Å². The van der Waals surface area contributed by atoms with E-state index in [0.29, 0.717) is 0 Å². The Labute approximate surface area is 87.4 Å². The number of nitrogens with one attached hydrogen (secondary N) is 1. The molecule has 0 aromatic carbocycles. The van der Waals surface area contributed by atoms with E-state index < -0.39 is 11.8 Å². The largest absolute Gasteiger partial charge is 0.320 e. The minimum atomic E-state index is -0.472. The van der Waals surface area contributed by atoms with Gasteiger partial charge < -0.3 is 5.32 Å². The average Bonchev–Trinajstić information content (AvgIpc) is 2.18. The second-order valence-corrected chi connectivity index (χ2v) is 3.06. The summed E-state index contributed by atoms with van der Waals surface area (Å²) in [4.78, 5) is 34.7. The third-order valence-corrected chi connectivity index (χ3v) is 1.89. The van der Waals surface area contributed by atoms with E-state index in [1.165, 1.54) is 13.0 Å².